The van der Waals surface area contributed by atoms with Crippen molar-refractivity contribution in [3.63, 3.8) is 0 Å². The zero-order valence-corrected chi connectivity index (χ0v) is 10.9. The number of rotatable bonds is 1. The van der Waals surface area contributed by atoms with Crippen molar-refractivity contribution in [2.45, 2.75) is 44.9 Å². The Kier molecular flexibility index (Phi) is 3.04. The van der Waals surface area contributed by atoms with Gasteiger partial charge in [0.15, 0.2) is 0 Å². The summed E-state index contributed by atoms with van der Waals surface area (Å²) in [7, 11) is 0. The molecule has 2 amide bonds. The monoisotopic (exact) mass is 250 g/mol. The van der Waals surface area contributed by atoms with E-state index >= 15 is 0 Å². The molecular formula is C14H22N2O2. The van der Waals surface area contributed by atoms with E-state index in [-0.39, 0.29) is 11.3 Å². The normalized spacial score (nSPS) is 27.8. The smallest absolute Gasteiger partial charge is 0.225 e. The number of nitrogens with one attached hydrogen (secondary N) is 1. The molecule has 1 spiro atoms. The summed E-state index contributed by atoms with van der Waals surface area (Å²) < 4.78 is 0. The molecule has 4 heteroatoms. The third-order valence-electron chi connectivity index (χ3n) is 5.04. The summed E-state index contributed by atoms with van der Waals surface area (Å²) in [6, 6.07) is 0. The van der Waals surface area contributed by atoms with Crippen LogP contribution in [0.4, 0.5) is 0 Å². The number of hydrogen-bond acceptors (Lipinski definition) is 2. The van der Waals surface area contributed by atoms with Crippen LogP contribution in [0.3, 0.4) is 0 Å². The Balaban J connectivity index is 1.56. The minimum absolute atomic E-state index is 0.156. The lowest BCUT2D eigenvalue weighted by Gasteiger charge is -2.39. The van der Waals surface area contributed by atoms with Gasteiger partial charge in [-0.2, -0.15) is 0 Å². The minimum atomic E-state index is 0.156. The van der Waals surface area contributed by atoms with Crippen molar-refractivity contribution >= 4 is 11.8 Å². The fourth-order valence-corrected chi connectivity index (χ4v) is 3.74. The first-order chi connectivity index (χ1) is 8.69. The van der Waals surface area contributed by atoms with Crippen LogP contribution in [0.2, 0.25) is 0 Å². The lowest BCUT2D eigenvalue weighted by molar-refractivity contribution is -0.137. The Labute approximate surface area is 108 Å². The molecule has 2 aliphatic heterocycles. The van der Waals surface area contributed by atoms with E-state index in [2.05, 4.69) is 5.32 Å². The van der Waals surface area contributed by atoms with E-state index in [1.165, 1.54) is 12.8 Å². The Morgan fingerprint density at radius 2 is 1.89 bits per heavy atom. The van der Waals surface area contributed by atoms with Gasteiger partial charge in [-0.05, 0) is 31.1 Å². The second-order valence-electron chi connectivity index (χ2n) is 6.26. The van der Waals surface area contributed by atoms with Crippen LogP contribution >= 0.6 is 0 Å². The van der Waals surface area contributed by atoms with Crippen LogP contribution in [0.25, 0.3) is 0 Å². The Morgan fingerprint density at radius 3 is 2.44 bits per heavy atom. The summed E-state index contributed by atoms with van der Waals surface area (Å²) >= 11 is 0. The van der Waals surface area contributed by atoms with Crippen molar-refractivity contribution in [1.29, 1.82) is 0 Å². The quantitative estimate of drug-likeness (QED) is 0.762. The van der Waals surface area contributed by atoms with E-state index < -0.39 is 0 Å². The standard InChI is InChI=1S/C14H22N2O2/c17-12-9-14(10-15-12)5-7-16(8-6-14)13(18)11-3-1-2-4-11/h11H,1-10H2,(H,15,17). The van der Waals surface area contributed by atoms with Crippen LogP contribution in [-0.2, 0) is 9.59 Å². The number of piperidine rings is 1. The lowest BCUT2D eigenvalue weighted by atomic mass is 9.77. The molecule has 0 aromatic carbocycles. The number of likely N-dealkylation sites (tertiary alicyclic amines) is 1. The van der Waals surface area contributed by atoms with Crippen LogP contribution in [0.15, 0.2) is 0 Å². The highest BCUT2D eigenvalue weighted by Crippen LogP contribution is 2.38. The fraction of sp³-hybridized carbons (Fsp3) is 0.857. The topological polar surface area (TPSA) is 49.4 Å². The molecule has 1 saturated carbocycles. The molecule has 0 bridgehead atoms. The van der Waals surface area contributed by atoms with E-state index in [1.807, 2.05) is 4.90 Å². The van der Waals surface area contributed by atoms with E-state index in [0.717, 1.165) is 45.3 Å². The Bertz CT molecular complexity index is 353. The second-order valence-corrected chi connectivity index (χ2v) is 6.26. The summed E-state index contributed by atoms with van der Waals surface area (Å²) in [5.41, 5.74) is 0.156. The van der Waals surface area contributed by atoms with Crippen LogP contribution < -0.4 is 5.32 Å². The van der Waals surface area contributed by atoms with E-state index in [9.17, 15) is 9.59 Å². The fourth-order valence-electron chi connectivity index (χ4n) is 3.74. The Hall–Kier alpha value is -1.06. The molecule has 0 aromatic heterocycles. The third-order valence-corrected chi connectivity index (χ3v) is 5.04. The molecule has 0 aromatic rings. The lowest BCUT2D eigenvalue weighted by Crippen LogP contribution is -2.45. The number of amides is 2. The van der Waals surface area contributed by atoms with Gasteiger partial charge in [-0.1, -0.05) is 12.8 Å². The first kappa shape index (κ1) is 12.0. The van der Waals surface area contributed by atoms with Gasteiger partial charge in [-0.25, -0.2) is 0 Å². The average Bonchev–Trinajstić information content (AvgIpc) is 3.00. The van der Waals surface area contributed by atoms with Gasteiger partial charge in [0.05, 0.1) is 0 Å². The second kappa shape index (κ2) is 4.56. The molecule has 1 N–H and O–H groups in total. The molecule has 3 aliphatic rings. The van der Waals surface area contributed by atoms with Gasteiger partial charge in [-0.15, -0.1) is 0 Å². The van der Waals surface area contributed by atoms with Crippen molar-refractivity contribution in [2.24, 2.45) is 11.3 Å². The molecule has 2 heterocycles. The number of hydrogen-bond donors (Lipinski definition) is 1. The highest BCUT2D eigenvalue weighted by molar-refractivity contribution is 5.80. The van der Waals surface area contributed by atoms with Crippen molar-refractivity contribution in [3.8, 4) is 0 Å². The molecule has 4 nitrogen and oxygen atoms in total. The number of nitrogens with zero attached hydrogens (tertiary/aromatic N) is 1. The van der Waals surface area contributed by atoms with Crippen molar-refractivity contribution in [2.75, 3.05) is 19.6 Å². The number of carbonyl (C=O) groups is 2. The highest BCUT2D eigenvalue weighted by atomic mass is 16.2. The predicted octanol–water partition coefficient (Wildman–Crippen LogP) is 1.31. The molecule has 0 radical (unpaired) electrons. The van der Waals surface area contributed by atoms with E-state index in [4.69, 9.17) is 0 Å². The summed E-state index contributed by atoms with van der Waals surface area (Å²) in [5, 5.41) is 2.94. The van der Waals surface area contributed by atoms with Gasteiger partial charge in [0.1, 0.15) is 0 Å². The van der Waals surface area contributed by atoms with Gasteiger partial charge in [0.2, 0.25) is 11.8 Å². The molecular weight excluding hydrogens is 228 g/mol. The molecule has 18 heavy (non-hydrogen) atoms. The molecule has 2 saturated heterocycles. The predicted molar refractivity (Wildman–Crippen MR) is 67.8 cm³/mol. The summed E-state index contributed by atoms with van der Waals surface area (Å²) in [4.78, 5) is 25.7. The van der Waals surface area contributed by atoms with Crippen LogP contribution in [0.1, 0.15) is 44.9 Å². The summed E-state index contributed by atoms with van der Waals surface area (Å²) in [6.07, 6.45) is 7.24. The van der Waals surface area contributed by atoms with Gasteiger partial charge < -0.3 is 10.2 Å². The first-order valence-corrected chi connectivity index (χ1v) is 7.24. The van der Waals surface area contributed by atoms with Crippen molar-refractivity contribution in [1.82, 2.24) is 10.2 Å². The molecule has 0 unspecified atom stereocenters. The first-order valence-electron chi connectivity index (χ1n) is 7.24. The maximum absolute atomic E-state index is 12.3. The van der Waals surface area contributed by atoms with Crippen LogP contribution in [0.5, 0.6) is 0 Å². The average molecular weight is 250 g/mol. The molecule has 0 atom stereocenters. The van der Waals surface area contributed by atoms with Gasteiger partial charge >= 0.3 is 0 Å². The third kappa shape index (κ3) is 2.13. The van der Waals surface area contributed by atoms with Gasteiger partial charge in [-0.3, -0.25) is 9.59 Å². The van der Waals surface area contributed by atoms with E-state index in [0.29, 0.717) is 18.2 Å². The van der Waals surface area contributed by atoms with Crippen molar-refractivity contribution in [3.05, 3.63) is 0 Å². The molecule has 100 valence electrons. The van der Waals surface area contributed by atoms with Gasteiger partial charge in [0.25, 0.3) is 0 Å². The number of carbonyl (C=O) groups excluding carboxylic acids is 2. The van der Waals surface area contributed by atoms with Crippen LogP contribution in [-0.4, -0.2) is 36.3 Å². The van der Waals surface area contributed by atoms with E-state index in [1.54, 1.807) is 0 Å². The minimum Gasteiger partial charge on any atom is -0.356 e. The molecule has 1 aliphatic carbocycles. The Morgan fingerprint density at radius 1 is 1.22 bits per heavy atom. The SMILES string of the molecule is O=C1CC2(CCN(C(=O)C3CCCC3)CC2)CN1. The van der Waals surface area contributed by atoms with Gasteiger partial charge in [0, 0.05) is 32.0 Å². The van der Waals surface area contributed by atoms with Crippen molar-refractivity contribution < 1.29 is 9.59 Å². The maximum atomic E-state index is 12.3. The molecule has 3 fully saturated rings. The highest BCUT2D eigenvalue weighted by Gasteiger charge is 2.42. The maximum Gasteiger partial charge on any atom is 0.225 e. The zero-order chi connectivity index (χ0) is 12.6. The largest absolute Gasteiger partial charge is 0.356 e. The van der Waals surface area contributed by atoms with Crippen LogP contribution in [0, 0.1) is 11.3 Å². The summed E-state index contributed by atoms with van der Waals surface area (Å²) in [6.45, 7) is 2.52. The molecule has 3 rings (SSSR count). The summed E-state index contributed by atoms with van der Waals surface area (Å²) in [5.74, 6) is 0.854. The zero-order valence-electron chi connectivity index (χ0n) is 10.9.